The molecule has 1 saturated heterocycles. The van der Waals surface area contributed by atoms with Crippen molar-refractivity contribution in [3.05, 3.63) is 53.7 Å². The van der Waals surface area contributed by atoms with Crippen LogP contribution in [-0.2, 0) is 9.59 Å². The number of hydrogen-bond acceptors (Lipinski definition) is 4. The quantitative estimate of drug-likeness (QED) is 0.249. The largest absolute Gasteiger partial charge is 0.360 e. The zero-order chi connectivity index (χ0) is 22.7. The Morgan fingerprint density at radius 1 is 1.00 bits per heavy atom. The number of carbonyl (C=O) groups excluding carboxylic acids is 2. The Kier molecular flexibility index (Phi) is 5.43. The molecule has 7 unspecified atom stereocenters. The first kappa shape index (κ1) is 21.5. The monoisotopic (exact) mass is 481 g/mol. The van der Waals surface area contributed by atoms with Crippen LogP contribution in [0.3, 0.4) is 0 Å². The number of unbranched alkanes of at least 4 members (excludes halogenated alkanes) is 1. The van der Waals surface area contributed by atoms with Crippen LogP contribution in [0.2, 0.25) is 5.02 Å². The van der Waals surface area contributed by atoms with Gasteiger partial charge >= 0.3 is 0 Å². The number of H-pyrrole nitrogens is 1. The number of aromatic amines is 1. The van der Waals surface area contributed by atoms with Crippen LogP contribution in [-0.4, -0.2) is 40.0 Å². The Labute approximate surface area is 202 Å². The van der Waals surface area contributed by atoms with Gasteiger partial charge in [-0.05, 0) is 54.7 Å². The highest BCUT2D eigenvalue weighted by molar-refractivity contribution is 7.99. The van der Waals surface area contributed by atoms with Crippen molar-refractivity contribution in [2.75, 3.05) is 12.3 Å². The average Bonchev–Trinajstić information content (AvgIpc) is 3.29. The van der Waals surface area contributed by atoms with Gasteiger partial charge in [-0.3, -0.25) is 14.5 Å². The number of thioether (sulfide) groups is 1. The summed E-state index contributed by atoms with van der Waals surface area (Å²) in [5.41, 5.74) is 7.44. The molecule has 2 bridgehead atoms. The van der Waals surface area contributed by atoms with Crippen molar-refractivity contribution in [2.45, 2.75) is 30.2 Å². The van der Waals surface area contributed by atoms with E-state index < -0.39 is 0 Å². The van der Waals surface area contributed by atoms with Crippen molar-refractivity contribution < 1.29 is 9.59 Å². The van der Waals surface area contributed by atoms with E-state index in [9.17, 15) is 9.59 Å². The predicted octanol–water partition coefficient (Wildman–Crippen LogP) is 4.63. The molecule has 7 rings (SSSR count). The number of nitrogens with zero attached hydrogens (tertiary/aromatic N) is 1. The van der Waals surface area contributed by atoms with Gasteiger partial charge in [-0.25, -0.2) is 0 Å². The highest BCUT2D eigenvalue weighted by atomic mass is 35.5. The lowest BCUT2D eigenvalue weighted by Crippen LogP contribution is -2.50. The second-order valence-corrected chi connectivity index (χ2v) is 11.4. The third-order valence-corrected chi connectivity index (χ3v) is 9.51. The lowest BCUT2D eigenvalue weighted by Gasteiger charge is -2.51. The smallest absolute Gasteiger partial charge is 0.233 e. The molecule has 0 radical (unpaired) electrons. The van der Waals surface area contributed by atoms with E-state index in [4.69, 9.17) is 17.3 Å². The summed E-state index contributed by atoms with van der Waals surface area (Å²) in [5, 5.41) is 1.85. The molecule has 3 N–H and O–H groups in total. The van der Waals surface area contributed by atoms with E-state index in [1.165, 1.54) is 0 Å². The number of halogens is 1. The maximum Gasteiger partial charge on any atom is 0.233 e. The number of carbonyl (C=O) groups is 2. The molecule has 7 atom stereocenters. The van der Waals surface area contributed by atoms with Crippen LogP contribution in [0.1, 0.15) is 19.3 Å². The van der Waals surface area contributed by atoms with Crippen LogP contribution >= 0.6 is 23.4 Å². The van der Waals surface area contributed by atoms with Gasteiger partial charge in [-0.15, -0.1) is 11.8 Å². The van der Waals surface area contributed by atoms with Gasteiger partial charge in [-0.2, -0.15) is 0 Å². The van der Waals surface area contributed by atoms with Gasteiger partial charge in [0, 0.05) is 45.4 Å². The van der Waals surface area contributed by atoms with Crippen LogP contribution < -0.4 is 5.73 Å². The van der Waals surface area contributed by atoms with Crippen LogP contribution in [0.25, 0.3) is 10.9 Å². The Bertz CT molecular complexity index is 1130. The number of benzene rings is 1. The summed E-state index contributed by atoms with van der Waals surface area (Å²) >= 11 is 7.88. The number of nitrogens with one attached hydrogen (secondary N) is 1. The Balaban J connectivity index is 0.991. The minimum absolute atomic E-state index is 0.0564. The minimum Gasteiger partial charge on any atom is -0.360 e. The molecule has 1 aromatic heterocycles. The van der Waals surface area contributed by atoms with Crippen LogP contribution in [0.4, 0.5) is 0 Å². The predicted molar refractivity (Wildman–Crippen MR) is 132 cm³/mol. The van der Waals surface area contributed by atoms with Crippen LogP contribution in [0.5, 0.6) is 0 Å². The molecule has 5 nitrogen and oxygen atoms in total. The van der Waals surface area contributed by atoms with Crippen molar-refractivity contribution in [3.8, 4) is 0 Å². The molecule has 172 valence electrons. The highest BCUT2D eigenvalue weighted by Gasteiger charge is 2.62. The first-order chi connectivity index (χ1) is 16.0. The Morgan fingerprint density at radius 3 is 2.33 bits per heavy atom. The van der Waals surface area contributed by atoms with Crippen molar-refractivity contribution in [2.24, 2.45) is 41.2 Å². The SMILES string of the molecule is NC(CCCCN1C(=O)C2C3C=CC(C4C=CC43)C2C1=O)CSc1c[nH]c2ccc(Cl)cc12. The molecule has 2 aromatic rings. The van der Waals surface area contributed by atoms with Gasteiger partial charge in [0.25, 0.3) is 0 Å². The van der Waals surface area contributed by atoms with Crippen molar-refractivity contribution in [1.82, 2.24) is 9.88 Å². The van der Waals surface area contributed by atoms with Crippen molar-refractivity contribution in [3.63, 3.8) is 0 Å². The Hall–Kier alpha value is -2.02. The van der Waals surface area contributed by atoms with Crippen molar-refractivity contribution in [1.29, 1.82) is 0 Å². The minimum atomic E-state index is -0.137. The molecule has 1 saturated carbocycles. The van der Waals surface area contributed by atoms with E-state index >= 15 is 0 Å². The lowest BCUT2D eigenvalue weighted by atomic mass is 9.50. The summed E-state index contributed by atoms with van der Waals surface area (Å²) in [6.07, 6.45) is 13.5. The number of hydrogen-bond donors (Lipinski definition) is 2. The number of amides is 2. The van der Waals surface area contributed by atoms with Gasteiger partial charge in [-0.1, -0.05) is 42.3 Å². The van der Waals surface area contributed by atoms with E-state index in [0.717, 1.165) is 45.8 Å². The molecule has 2 heterocycles. The number of fused-ring (bicyclic) bond motifs is 1. The third-order valence-electron chi connectivity index (χ3n) is 8.03. The molecular formula is C26H28ClN3O2S. The van der Waals surface area contributed by atoms with Gasteiger partial charge < -0.3 is 10.7 Å². The second-order valence-electron chi connectivity index (χ2n) is 9.87. The van der Waals surface area contributed by atoms with E-state index in [1.54, 1.807) is 16.7 Å². The number of aromatic nitrogens is 1. The average molecular weight is 482 g/mol. The van der Waals surface area contributed by atoms with Gasteiger partial charge in [0.05, 0.1) is 11.8 Å². The number of allylic oxidation sites excluding steroid dienone is 4. The molecule has 2 amide bonds. The zero-order valence-corrected chi connectivity index (χ0v) is 19.9. The molecule has 0 spiro atoms. The maximum atomic E-state index is 13.1. The number of nitrogens with two attached hydrogens (primary N) is 1. The van der Waals surface area contributed by atoms with E-state index in [0.29, 0.717) is 18.4 Å². The van der Waals surface area contributed by atoms with Crippen LogP contribution in [0, 0.1) is 35.5 Å². The summed E-state index contributed by atoms with van der Waals surface area (Å²) in [6.45, 7) is 0.522. The van der Waals surface area contributed by atoms with Gasteiger partial charge in [0.15, 0.2) is 0 Å². The highest BCUT2D eigenvalue weighted by Crippen LogP contribution is 2.58. The van der Waals surface area contributed by atoms with E-state index in [1.807, 2.05) is 24.4 Å². The number of imide groups is 1. The van der Waals surface area contributed by atoms with Crippen molar-refractivity contribution >= 4 is 46.1 Å². The molecule has 1 aromatic carbocycles. The molecular weight excluding hydrogens is 454 g/mol. The molecule has 33 heavy (non-hydrogen) atoms. The van der Waals surface area contributed by atoms with Gasteiger partial charge in [0.2, 0.25) is 11.8 Å². The fraction of sp³-hybridized carbons (Fsp3) is 0.462. The Morgan fingerprint density at radius 2 is 1.67 bits per heavy atom. The second kappa shape index (κ2) is 8.33. The van der Waals surface area contributed by atoms with Crippen LogP contribution in [0.15, 0.2) is 53.6 Å². The number of rotatable bonds is 8. The first-order valence-electron chi connectivity index (χ1n) is 11.9. The zero-order valence-electron chi connectivity index (χ0n) is 18.3. The summed E-state index contributed by atoms with van der Waals surface area (Å²) in [7, 11) is 0. The fourth-order valence-electron chi connectivity index (χ4n) is 6.32. The summed E-state index contributed by atoms with van der Waals surface area (Å²) in [6, 6.07) is 5.91. The molecule has 7 heteroatoms. The third kappa shape index (κ3) is 3.49. The van der Waals surface area contributed by atoms with Gasteiger partial charge in [0.1, 0.15) is 0 Å². The lowest BCUT2D eigenvalue weighted by molar-refractivity contribution is -0.140. The number of likely N-dealkylation sites (tertiary alicyclic amines) is 1. The fourth-order valence-corrected chi connectivity index (χ4v) is 7.52. The maximum absolute atomic E-state index is 13.1. The normalized spacial score (nSPS) is 32.4. The summed E-state index contributed by atoms with van der Waals surface area (Å²) < 4.78 is 0. The molecule has 5 aliphatic rings. The molecule has 2 fully saturated rings. The first-order valence-corrected chi connectivity index (χ1v) is 13.3. The van der Waals surface area contributed by atoms with E-state index in [-0.39, 0.29) is 41.5 Å². The summed E-state index contributed by atoms with van der Waals surface area (Å²) in [5.74, 6) is 1.99. The molecule has 1 aliphatic heterocycles. The molecule has 4 aliphatic carbocycles. The standard InChI is InChI=1S/C26H28ClN3O2S/c27-14-4-9-21-20(11-14)22(12-29-21)33-13-15(28)3-1-2-10-30-25(31)23-18-7-8-19(24(23)26(30)32)17-6-5-16(17)18/h4-9,11-12,15-19,23-24,29H,1-3,10,13,28H2. The van der Waals surface area contributed by atoms with E-state index in [2.05, 4.69) is 29.3 Å². The topological polar surface area (TPSA) is 79.2 Å². The summed E-state index contributed by atoms with van der Waals surface area (Å²) in [4.78, 5) is 32.2.